The predicted molar refractivity (Wildman–Crippen MR) is 65.1 cm³/mol. The van der Waals surface area contributed by atoms with Gasteiger partial charge in [-0.25, -0.2) is 0 Å². The van der Waals surface area contributed by atoms with Gasteiger partial charge in [-0.05, 0) is 38.5 Å². The molecule has 0 aromatic rings. The van der Waals surface area contributed by atoms with Crippen molar-refractivity contribution in [2.75, 3.05) is 13.1 Å². The quantitative estimate of drug-likeness (QED) is 0.821. The first-order valence-electron chi connectivity index (χ1n) is 6.72. The summed E-state index contributed by atoms with van der Waals surface area (Å²) in [4.78, 5) is 24.5. The van der Waals surface area contributed by atoms with Crippen molar-refractivity contribution in [3.8, 4) is 0 Å². The molecule has 1 amide bonds. The molecule has 18 heavy (non-hydrogen) atoms. The zero-order valence-electron chi connectivity index (χ0n) is 10.8. The molecule has 0 spiro atoms. The number of rotatable bonds is 4. The van der Waals surface area contributed by atoms with E-state index in [1.807, 2.05) is 11.8 Å². The van der Waals surface area contributed by atoms with Crippen LogP contribution in [0, 0.1) is 5.92 Å². The third-order valence-electron chi connectivity index (χ3n) is 3.87. The minimum absolute atomic E-state index is 0.0946. The van der Waals surface area contributed by atoms with Crippen LogP contribution in [0.4, 0.5) is 0 Å². The number of nitrogens with zero attached hydrogens (tertiary/aromatic N) is 1. The highest BCUT2D eigenvalue weighted by Gasteiger charge is 2.34. The molecule has 0 aromatic carbocycles. The standard InChI is InChI=1S/C13H21NO4/c1-9-2-4-11(18-9)13(17)14-7-6-10(8-14)3-5-12(15)16/h9-11H,2-8H2,1H3,(H,15,16). The fourth-order valence-electron chi connectivity index (χ4n) is 2.78. The molecule has 0 aliphatic carbocycles. The zero-order valence-corrected chi connectivity index (χ0v) is 10.8. The van der Waals surface area contributed by atoms with E-state index in [1.54, 1.807) is 0 Å². The van der Waals surface area contributed by atoms with Crippen LogP contribution in [-0.4, -0.2) is 47.2 Å². The van der Waals surface area contributed by atoms with Gasteiger partial charge in [-0.2, -0.15) is 0 Å². The molecular formula is C13H21NO4. The lowest BCUT2D eigenvalue weighted by Crippen LogP contribution is -2.37. The van der Waals surface area contributed by atoms with Crippen molar-refractivity contribution in [1.82, 2.24) is 4.90 Å². The van der Waals surface area contributed by atoms with E-state index in [4.69, 9.17) is 9.84 Å². The Kier molecular flexibility index (Phi) is 4.22. The van der Waals surface area contributed by atoms with Gasteiger partial charge in [0.25, 0.3) is 5.91 Å². The summed E-state index contributed by atoms with van der Waals surface area (Å²) in [6.45, 7) is 3.44. The number of carboxylic acids is 1. The normalized spacial score (nSPS) is 31.8. The first kappa shape index (κ1) is 13.3. The predicted octanol–water partition coefficient (Wildman–Crippen LogP) is 1.27. The Labute approximate surface area is 107 Å². The van der Waals surface area contributed by atoms with Gasteiger partial charge in [0.15, 0.2) is 0 Å². The van der Waals surface area contributed by atoms with Crippen LogP contribution >= 0.6 is 0 Å². The molecule has 5 nitrogen and oxygen atoms in total. The molecule has 2 rings (SSSR count). The monoisotopic (exact) mass is 255 g/mol. The van der Waals surface area contributed by atoms with Crippen molar-refractivity contribution in [3.05, 3.63) is 0 Å². The van der Waals surface area contributed by atoms with Gasteiger partial charge in [-0.3, -0.25) is 9.59 Å². The molecule has 102 valence electrons. The number of ether oxygens (including phenoxy) is 1. The van der Waals surface area contributed by atoms with E-state index in [0.29, 0.717) is 18.9 Å². The van der Waals surface area contributed by atoms with Crippen LogP contribution in [0.25, 0.3) is 0 Å². The first-order chi connectivity index (χ1) is 8.56. The van der Waals surface area contributed by atoms with E-state index in [0.717, 1.165) is 25.8 Å². The Hall–Kier alpha value is -1.10. The number of hydrogen-bond acceptors (Lipinski definition) is 3. The Morgan fingerprint density at radius 3 is 2.72 bits per heavy atom. The summed E-state index contributed by atoms with van der Waals surface area (Å²) >= 11 is 0. The highest BCUT2D eigenvalue weighted by atomic mass is 16.5. The Morgan fingerprint density at radius 1 is 1.33 bits per heavy atom. The maximum absolute atomic E-state index is 12.2. The van der Waals surface area contributed by atoms with Crippen molar-refractivity contribution in [3.63, 3.8) is 0 Å². The van der Waals surface area contributed by atoms with E-state index in [1.165, 1.54) is 0 Å². The third-order valence-corrected chi connectivity index (χ3v) is 3.87. The zero-order chi connectivity index (χ0) is 13.1. The number of likely N-dealkylation sites (tertiary alicyclic amines) is 1. The molecule has 2 aliphatic heterocycles. The van der Waals surface area contributed by atoms with Crippen LogP contribution in [0.5, 0.6) is 0 Å². The average Bonchev–Trinajstić information content (AvgIpc) is 2.94. The van der Waals surface area contributed by atoms with E-state index < -0.39 is 5.97 Å². The second-order valence-electron chi connectivity index (χ2n) is 5.38. The number of carbonyl (C=O) groups is 2. The highest BCUT2D eigenvalue weighted by molar-refractivity contribution is 5.81. The topological polar surface area (TPSA) is 66.8 Å². The van der Waals surface area contributed by atoms with Gasteiger partial charge >= 0.3 is 5.97 Å². The van der Waals surface area contributed by atoms with Gasteiger partial charge in [0.2, 0.25) is 0 Å². The molecule has 2 saturated heterocycles. The molecule has 2 aliphatic rings. The molecule has 3 atom stereocenters. The second kappa shape index (κ2) is 5.69. The van der Waals surface area contributed by atoms with E-state index in [2.05, 4.69) is 0 Å². The smallest absolute Gasteiger partial charge is 0.303 e. The van der Waals surface area contributed by atoms with Crippen molar-refractivity contribution in [2.24, 2.45) is 5.92 Å². The van der Waals surface area contributed by atoms with E-state index >= 15 is 0 Å². The van der Waals surface area contributed by atoms with Gasteiger partial charge in [-0.15, -0.1) is 0 Å². The minimum atomic E-state index is -0.757. The van der Waals surface area contributed by atoms with Crippen molar-refractivity contribution >= 4 is 11.9 Å². The van der Waals surface area contributed by atoms with Crippen LogP contribution in [0.3, 0.4) is 0 Å². The lowest BCUT2D eigenvalue weighted by Gasteiger charge is -2.20. The molecule has 5 heteroatoms. The van der Waals surface area contributed by atoms with E-state index in [-0.39, 0.29) is 24.5 Å². The van der Waals surface area contributed by atoms with Crippen molar-refractivity contribution in [1.29, 1.82) is 0 Å². The number of carbonyl (C=O) groups excluding carboxylic acids is 1. The van der Waals surface area contributed by atoms with Gasteiger partial charge in [0.05, 0.1) is 6.10 Å². The fourth-order valence-corrected chi connectivity index (χ4v) is 2.78. The van der Waals surface area contributed by atoms with Crippen LogP contribution in [-0.2, 0) is 14.3 Å². The maximum atomic E-state index is 12.2. The molecule has 2 heterocycles. The van der Waals surface area contributed by atoms with Gasteiger partial charge in [0.1, 0.15) is 6.10 Å². The summed E-state index contributed by atoms with van der Waals surface area (Å²) < 4.78 is 5.58. The van der Waals surface area contributed by atoms with Crippen LogP contribution in [0.2, 0.25) is 0 Å². The first-order valence-corrected chi connectivity index (χ1v) is 6.72. The molecule has 0 saturated carbocycles. The molecule has 3 unspecified atom stereocenters. The summed E-state index contributed by atoms with van der Waals surface area (Å²) in [7, 11) is 0. The second-order valence-corrected chi connectivity index (χ2v) is 5.38. The van der Waals surface area contributed by atoms with Gasteiger partial charge < -0.3 is 14.7 Å². The maximum Gasteiger partial charge on any atom is 0.303 e. The summed E-state index contributed by atoms with van der Waals surface area (Å²) in [6, 6.07) is 0. The molecule has 0 bridgehead atoms. The van der Waals surface area contributed by atoms with Crippen LogP contribution in [0.1, 0.15) is 39.0 Å². The summed E-state index contributed by atoms with van der Waals surface area (Å²) in [5.74, 6) is -0.325. The molecular weight excluding hydrogens is 234 g/mol. The third kappa shape index (κ3) is 3.22. The largest absolute Gasteiger partial charge is 0.481 e. The van der Waals surface area contributed by atoms with Crippen molar-refractivity contribution in [2.45, 2.75) is 51.2 Å². The number of carboxylic acid groups (broad SMARTS) is 1. The SMILES string of the molecule is CC1CCC(C(=O)N2CCC(CCC(=O)O)C2)O1. The molecule has 0 radical (unpaired) electrons. The minimum Gasteiger partial charge on any atom is -0.481 e. The molecule has 2 fully saturated rings. The van der Waals surface area contributed by atoms with Gasteiger partial charge in [0, 0.05) is 19.5 Å². The number of amides is 1. The van der Waals surface area contributed by atoms with Crippen LogP contribution in [0.15, 0.2) is 0 Å². The Balaban J connectivity index is 1.77. The lowest BCUT2D eigenvalue weighted by atomic mass is 10.0. The summed E-state index contributed by atoms with van der Waals surface area (Å²) in [5, 5.41) is 8.65. The van der Waals surface area contributed by atoms with Crippen LogP contribution < -0.4 is 0 Å². The summed E-state index contributed by atoms with van der Waals surface area (Å²) in [6.07, 6.45) is 3.47. The average molecular weight is 255 g/mol. The highest BCUT2D eigenvalue weighted by Crippen LogP contribution is 2.26. The Morgan fingerprint density at radius 2 is 2.11 bits per heavy atom. The van der Waals surface area contributed by atoms with Crippen molar-refractivity contribution < 1.29 is 19.4 Å². The summed E-state index contributed by atoms with van der Waals surface area (Å²) in [5.41, 5.74) is 0. The molecule has 1 N–H and O–H groups in total. The lowest BCUT2D eigenvalue weighted by molar-refractivity contribution is -0.141. The Bertz CT molecular complexity index is 331. The van der Waals surface area contributed by atoms with E-state index in [9.17, 15) is 9.59 Å². The fraction of sp³-hybridized carbons (Fsp3) is 0.846. The molecule has 0 aromatic heterocycles. The van der Waals surface area contributed by atoms with Gasteiger partial charge in [-0.1, -0.05) is 0 Å². The number of hydrogen-bond donors (Lipinski definition) is 1. The number of aliphatic carboxylic acids is 1.